The first-order valence-corrected chi connectivity index (χ1v) is 10.9. The molecule has 0 spiro atoms. The fourth-order valence-corrected chi connectivity index (χ4v) is 3.69. The average Bonchev–Trinajstić information content (AvgIpc) is 3.25. The summed E-state index contributed by atoms with van der Waals surface area (Å²) in [6.07, 6.45) is 4.20. The van der Waals surface area contributed by atoms with Crippen LogP contribution in [0.15, 0.2) is 36.8 Å². The fraction of sp³-hybridized carbons (Fsp3) is 0.208. The average molecular weight is 489 g/mol. The summed E-state index contributed by atoms with van der Waals surface area (Å²) >= 11 is 0. The van der Waals surface area contributed by atoms with Crippen LogP contribution < -0.4 is 5.32 Å². The quantitative estimate of drug-likeness (QED) is 0.332. The van der Waals surface area contributed by atoms with Crippen molar-refractivity contribution in [1.29, 1.82) is 0 Å². The molecule has 0 bridgehead atoms. The highest BCUT2D eigenvalue weighted by Gasteiger charge is 2.21. The van der Waals surface area contributed by atoms with Crippen LogP contribution in [0.2, 0.25) is 0 Å². The number of nitrogens with one attached hydrogen (secondary N) is 2. The monoisotopic (exact) mass is 489 g/mol. The molecule has 0 saturated heterocycles. The van der Waals surface area contributed by atoms with Gasteiger partial charge in [-0.1, -0.05) is 0 Å². The third-order valence-corrected chi connectivity index (χ3v) is 5.47. The number of aryl methyl sites for hydroxylation is 2. The second-order valence-corrected chi connectivity index (χ2v) is 8.75. The number of aromatic nitrogens is 8. The van der Waals surface area contributed by atoms with Crippen LogP contribution in [0.25, 0.3) is 33.7 Å². The number of anilines is 2. The second kappa shape index (κ2) is 8.64. The van der Waals surface area contributed by atoms with Crippen LogP contribution in [0.1, 0.15) is 30.9 Å². The lowest BCUT2D eigenvalue weighted by molar-refractivity contribution is 0.0688. The summed E-state index contributed by atoms with van der Waals surface area (Å²) in [4.78, 5) is 25.6. The summed E-state index contributed by atoms with van der Waals surface area (Å²) in [5, 5.41) is 21.0. The summed E-state index contributed by atoms with van der Waals surface area (Å²) in [7, 11) is 0. The number of rotatable bonds is 5. The standard InChI is InChI=1S/C24H21F2N9O/c1-11-9-28-17(16-5-6-27-22(31-16)24(3,4)36)8-14(11)19-18-12(2)30-23(33-21(18)35-34-19)32-20-15(26)7-13(25)10-29-20/h5-10,36H,1-4H3,(H2,29,30,32,33,34,35). The Morgan fingerprint density at radius 3 is 2.53 bits per heavy atom. The van der Waals surface area contributed by atoms with Gasteiger partial charge in [0.25, 0.3) is 0 Å². The van der Waals surface area contributed by atoms with Gasteiger partial charge in [-0.05, 0) is 45.4 Å². The molecule has 0 aliphatic heterocycles. The molecule has 5 rings (SSSR count). The van der Waals surface area contributed by atoms with Crippen LogP contribution in [-0.2, 0) is 5.60 Å². The van der Waals surface area contributed by atoms with E-state index in [9.17, 15) is 13.9 Å². The van der Waals surface area contributed by atoms with Crippen LogP contribution >= 0.6 is 0 Å². The molecule has 0 fully saturated rings. The molecule has 0 atom stereocenters. The molecule has 0 aromatic carbocycles. The van der Waals surface area contributed by atoms with Gasteiger partial charge in [-0.25, -0.2) is 28.7 Å². The maximum Gasteiger partial charge on any atom is 0.230 e. The van der Waals surface area contributed by atoms with Gasteiger partial charge in [-0.2, -0.15) is 10.1 Å². The molecule has 12 heteroatoms. The number of H-pyrrole nitrogens is 1. The van der Waals surface area contributed by atoms with Crippen molar-refractivity contribution in [1.82, 2.24) is 40.1 Å². The van der Waals surface area contributed by atoms with E-state index in [1.807, 2.05) is 13.0 Å². The highest BCUT2D eigenvalue weighted by molar-refractivity contribution is 5.94. The molecule has 5 aromatic rings. The molecule has 5 heterocycles. The maximum absolute atomic E-state index is 14.0. The molecule has 36 heavy (non-hydrogen) atoms. The Hall–Kier alpha value is -4.45. The largest absolute Gasteiger partial charge is 0.382 e. The molecule has 5 aromatic heterocycles. The smallest absolute Gasteiger partial charge is 0.230 e. The van der Waals surface area contributed by atoms with Crippen molar-refractivity contribution >= 4 is 22.8 Å². The Bertz CT molecular complexity index is 1610. The number of fused-ring (bicyclic) bond motifs is 1. The number of hydrogen-bond donors (Lipinski definition) is 3. The van der Waals surface area contributed by atoms with Crippen LogP contribution in [-0.4, -0.2) is 45.2 Å². The zero-order valence-corrected chi connectivity index (χ0v) is 19.8. The Kier molecular flexibility index (Phi) is 5.59. The first-order valence-electron chi connectivity index (χ1n) is 10.9. The molecule has 0 aliphatic carbocycles. The predicted octanol–water partition coefficient (Wildman–Crippen LogP) is 4.13. The SMILES string of the molecule is Cc1cnc(-c2ccnc(C(C)(C)O)n2)cc1-c1[nH]nc2nc(Nc3ncc(F)cc3F)nc(C)c12. The molecule has 0 aliphatic rings. The molecular weight excluding hydrogens is 468 g/mol. The number of aromatic amines is 1. The van der Waals surface area contributed by atoms with Crippen molar-refractivity contribution in [3.05, 3.63) is 65.5 Å². The normalized spacial score (nSPS) is 11.8. The van der Waals surface area contributed by atoms with Crippen molar-refractivity contribution in [2.45, 2.75) is 33.3 Å². The van der Waals surface area contributed by atoms with E-state index in [2.05, 4.69) is 45.4 Å². The summed E-state index contributed by atoms with van der Waals surface area (Å²) in [5.74, 6) is -1.49. The van der Waals surface area contributed by atoms with E-state index in [0.717, 1.165) is 23.4 Å². The Balaban J connectivity index is 1.55. The van der Waals surface area contributed by atoms with E-state index in [1.165, 1.54) is 0 Å². The number of aliphatic hydroxyl groups is 1. The lowest BCUT2D eigenvalue weighted by Gasteiger charge is -2.16. The van der Waals surface area contributed by atoms with Gasteiger partial charge in [0.15, 0.2) is 23.1 Å². The van der Waals surface area contributed by atoms with Gasteiger partial charge in [0.05, 0.1) is 34.4 Å². The predicted molar refractivity (Wildman–Crippen MR) is 128 cm³/mol. The minimum Gasteiger partial charge on any atom is -0.382 e. The molecule has 0 saturated carbocycles. The molecule has 3 N–H and O–H groups in total. The molecule has 182 valence electrons. The number of pyridine rings is 2. The number of halogens is 2. The molecule has 0 amide bonds. The molecule has 10 nitrogen and oxygen atoms in total. The maximum atomic E-state index is 14.0. The van der Waals surface area contributed by atoms with Crippen molar-refractivity contribution in [3.63, 3.8) is 0 Å². The topological polar surface area (TPSA) is 138 Å². The second-order valence-electron chi connectivity index (χ2n) is 8.75. The van der Waals surface area contributed by atoms with Gasteiger partial charge in [-0.3, -0.25) is 10.1 Å². The van der Waals surface area contributed by atoms with E-state index in [4.69, 9.17) is 0 Å². The van der Waals surface area contributed by atoms with Crippen molar-refractivity contribution in [2.24, 2.45) is 0 Å². The Morgan fingerprint density at radius 2 is 1.78 bits per heavy atom. The highest BCUT2D eigenvalue weighted by Crippen LogP contribution is 2.32. The van der Waals surface area contributed by atoms with E-state index < -0.39 is 17.2 Å². The minimum absolute atomic E-state index is 0.0725. The Labute approximate surface area is 203 Å². The van der Waals surface area contributed by atoms with Gasteiger partial charge in [0, 0.05) is 24.0 Å². The molecule has 0 unspecified atom stereocenters. The first-order chi connectivity index (χ1) is 17.1. The van der Waals surface area contributed by atoms with Crippen LogP contribution in [0, 0.1) is 25.5 Å². The first kappa shape index (κ1) is 23.3. The molecule has 0 radical (unpaired) electrons. The van der Waals surface area contributed by atoms with Gasteiger partial charge < -0.3 is 10.4 Å². The van der Waals surface area contributed by atoms with Crippen LogP contribution in [0.5, 0.6) is 0 Å². The van der Waals surface area contributed by atoms with E-state index >= 15 is 0 Å². The van der Waals surface area contributed by atoms with E-state index in [-0.39, 0.29) is 17.6 Å². The zero-order chi connectivity index (χ0) is 25.6. The lowest BCUT2D eigenvalue weighted by atomic mass is 10.0. The van der Waals surface area contributed by atoms with E-state index in [0.29, 0.717) is 33.8 Å². The Morgan fingerprint density at radius 1 is 0.972 bits per heavy atom. The lowest BCUT2D eigenvalue weighted by Crippen LogP contribution is -2.19. The van der Waals surface area contributed by atoms with Gasteiger partial charge in [0.1, 0.15) is 11.4 Å². The van der Waals surface area contributed by atoms with Crippen LogP contribution in [0.3, 0.4) is 0 Å². The highest BCUT2D eigenvalue weighted by atomic mass is 19.1. The third-order valence-electron chi connectivity index (χ3n) is 5.47. The summed E-state index contributed by atoms with van der Waals surface area (Å²) in [6, 6.07) is 4.30. The third kappa shape index (κ3) is 4.33. The number of nitrogens with zero attached hydrogens (tertiary/aromatic N) is 7. The van der Waals surface area contributed by atoms with Gasteiger partial charge in [-0.15, -0.1) is 0 Å². The van der Waals surface area contributed by atoms with Crippen molar-refractivity contribution in [3.8, 4) is 22.6 Å². The minimum atomic E-state index is -1.20. The summed E-state index contributed by atoms with van der Waals surface area (Å²) < 4.78 is 27.2. The van der Waals surface area contributed by atoms with Gasteiger partial charge >= 0.3 is 0 Å². The molecular formula is C24H21F2N9O. The van der Waals surface area contributed by atoms with Crippen molar-refractivity contribution < 1.29 is 13.9 Å². The van der Waals surface area contributed by atoms with E-state index in [1.54, 1.807) is 39.2 Å². The summed E-state index contributed by atoms with van der Waals surface area (Å²) in [5.41, 5.74) is 3.24. The fourth-order valence-electron chi connectivity index (χ4n) is 3.69. The number of hydrogen-bond acceptors (Lipinski definition) is 9. The van der Waals surface area contributed by atoms with Gasteiger partial charge in [0.2, 0.25) is 5.95 Å². The van der Waals surface area contributed by atoms with Crippen LogP contribution in [0.4, 0.5) is 20.5 Å². The summed E-state index contributed by atoms with van der Waals surface area (Å²) in [6.45, 7) is 6.92. The zero-order valence-electron chi connectivity index (χ0n) is 19.8. The van der Waals surface area contributed by atoms with Crippen molar-refractivity contribution in [2.75, 3.05) is 5.32 Å².